The second-order valence-corrected chi connectivity index (χ2v) is 5.36. The van der Waals surface area contributed by atoms with Crippen LogP contribution in [0, 0.1) is 6.92 Å². The minimum absolute atomic E-state index is 0.0232. The Labute approximate surface area is 130 Å². The van der Waals surface area contributed by atoms with Gasteiger partial charge in [-0.2, -0.15) is 0 Å². The predicted octanol–water partition coefficient (Wildman–Crippen LogP) is 2.27. The van der Waals surface area contributed by atoms with Gasteiger partial charge in [0.1, 0.15) is 0 Å². The van der Waals surface area contributed by atoms with Crippen LogP contribution in [0.3, 0.4) is 0 Å². The van der Waals surface area contributed by atoms with Crippen LogP contribution in [-0.2, 0) is 4.79 Å². The Bertz CT molecular complexity index is 595. The van der Waals surface area contributed by atoms with E-state index in [1.807, 2.05) is 49.4 Å². The van der Waals surface area contributed by atoms with E-state index in [0.29, 0.717) is 5.56 Å². The van der Waals surface area contributed by atoms with Gasteiger partial charge in [0.15, 0.2) is 0 Å². The Morgan fingerprint density at radius 2 is 1.55 bits per heavy atom. The van der Waals surface area contributed by atoms with Crippen LogP contribution in [0.1, 0.15) is 35.3 Å². The van der Waals surface area contributed by atoms with Gasteiger partial charge in [-0.05, 0) is 18.1 Å². The third-order valence-electron chi connectivity index (χ3n) is 3.52. The van der Waals surface area contributed by atoms with E-state index >= 15 is 0 Å². The van der Waals surface area contributed by atoms with Gasteiger partial charge in [-0.3, -0.25) is 4.79 Å². The normalized spacial score (nSPS) is 13.4. The van der Waals surface area contributed by atoms with E-state index in [9.17, 15) is 15.0 Å². The van der Waals surface area contributed by atoms with Gasteiger partial charge < -0.3 is 15.5 Å². The van der Waals surface area contributed by atoms with Gasteiger partial charge in [-0.1, -0.05) is 60.2 Å². The molecule has 0 saturated carbocycles. The first-order valence-corrected chi connectivity index (χ1v) is 7.30. The number of hydrogen-bond acceptors (Lipinski definition) is 3. The molecule has 0 aliphatic heterocycles. The zero-order valence-electron chi connectivity index (χ0n) is 12.6. The van der Waals surface area contributed by atoms with Gasteiger partial charge in [-0.25, -0.2) is 0 Å². The molecule has 0 saturated heterocycles. The molecule has 0 heterocycles. The van der Waals surface area contributed by atoms with Crippen LogP contribution in [0.4, 0.5) is 0 Å². The lowest BCUT2D eigenvalue weighted by Gasteiger charge is -2.14. The minimum Gasteiger partial charge on any atom is -0.388 e. The number of benzene rings is 2. The summed E-state index contributed by atoms with van der Waals surface area (Å²) < 4.78 is 0. The highest BCUT2D eigenvalue weighted by atomic mass is 16.3. The largest absolute Gasteiger partial charge is 0.388 e. The number of rotatable bonds is 6. The highest BCUT2D eigenvalue weighted by molar-refractivity contribution is 5.76. The number of carbonyl (C=O) groups is 1. The lowest BCUT2D eigenvalue weighted by Crippen LogP contribution is -2.29. The summed E-state index contributed by atoms with van der Waals surface area (Å²) in [6, 6.07) is 16.6. The molecule has 0 aliphatic rings. The van der Waals surface area contributed by atoms with E-state index in [4.69, 9.17) is 0 Å². The van der Waals surface area contributed by atoms with Crippen molar-refractivity contribution in [1.29, 1.82) is 0 Å². The molecule has 0 spiro atoms. The first-order chi connectivity index (χ1) is 10.6. The van der Waals surface area contributed by atoms with E-state index in [1.54, 1.807) is 12.1 Å². The van der Waals surface area contributed by atoms with E-state index < -0.39 is 12.2 Å². The molecule has 0 fully saturated rings. The molecule has 4 nitrogen and oxygen atoms in total. The van der Waals surface area contributed by atoms with Gasteiger partial charge in [0.2, 0.25) is 5.91 Å². The molecular formula is C18H21NO3. The Hall–Kier alpha value is -2.17. The maximum atomic E-state index is 11.8. The van der Waals surface area contributed by atoms with Crippen molar-refractivity contribution in [2.45, 2.75) is 25.6 Å². The summed E-state index contributed by atoms with van der Waals surface area (Å²) in [4.78, 5) is 11.8. The topological polar surface area (TPSA) is 69.6 Å². The van der Waals surface area contributed by atoms with Crippen molar-refractivity contribution < 1.29 is 15.0 Å². The van der Waals surface area contributed by atoms with Gasteiger partial charge in [0.05, 0.1) is 18.6 Å². The molecule has 2 atom stereocenters. The smallest absolute Gasteiger partial charge is 0.223 e. The fraction of sp³-hybridized carbons (Fsp3) is 0.278. The number of amides is 1. The van der Waals surface area contributed by atoms with Crippen molar-refractivity contribution in [3.8, 4) is 0 Å². The molecule has 0 radical (unpaired) electrons. The summed E-state index contributed by atoms with van der Waals surface area (Å²) in [5, 5.41) is 22.7. The summed E-state index contributed by atoms with van der Waals surface area (Å²) in [5.74, 6) is -0.289. The summed E-state index contributed by atoms with van der Waals surface area (Å²) in [5.41, 5.74) is 2.58. The lowest BCUT2D eigenvalue weighted by molar-refractivity contribution is -0.123. The molecular weight excluding hydrogens is 278 g/mol. The number of hydrogen-bond donors (Lipinski definition) is 3. The Balaban J connectivity index is 1.81. The number of aliphatic hydroxyl groups excluding tert-OH is 2. The van der Waals surface area contributed by atoms with Crippen molar-refractivity contribution >= 4 is 5.91 Å². The maximum Gasteiger partial charge on any atom is 0.223 e. The summed E-state index contributed by atoms with van der Waals surface area (Å²) >= 11 is 0. The molecule has 2 aromatic carbocycles. The number of nitrogens with one attached hydrogen (secondary N) is 1. The maximum absolute atomic E-state index is 11.8. The molecule has 2 rings (SSSR count). The Kier molecular flexibility index (Phi) is 5.69. The molecule has 116 valence electrons. The highest BCUT2D eigenvalue weighted by Crippen LogP contribution is 2.16. The fourth-order valence-electron chi connectivity index (χ4n) is 2.16. The SMILES string of the molecule is Cc1ccc(C(O)CNC(=O)CC(O)c2ccccc2)cc1. The van der Waals surface area contributed by atoms with Crippen LogP contribution >= 0.6 is 0 Å². The number of carbonyl (C=O) groups excluding carboxylic acids is 1. The molecule has 3 N–H and O–H groups in total. The van der Waals surface area contributed by atoms with Crippen LogP contribution in [0.15, 0.2) is 54.6 Å². The average molecular weight is 299 g/mol. The second kappa shape index (κ2) is 7.73. The molecule has 2 unspecified atom stereocenters. The molecule has 2 aromatic rings. The van der Waals surface area contributed by atoms with Crippen molar-refractivity contribution in [1.82, 2.24) is 5.32 Å². The molecule has 0 aromatic heterocycles. The molecule has 0 aliphatic carbocycles. The highest BCUT2D eigenvalue weighted by Gasteiger charge is 2.14. The van der Waals surface area contributed by atoms with Gasteiger partial charge in [0, 0.05) is 6.54 Å². The summed E-state index contributed by atoms with van der Waals surface area (Å²) in [6.45, 7) is 2.10. The fourth-order valence-corrected chi connectivity index (χ4v) is 2.16. The predicted molar refractivity (Wildman–Crippen MR) is 85.2 cm³/mol. The van der Waals surface area contributed by atoms with Gasteiger partial charge >= 0.3 is 0 Å². The lowest BCUT2D eigenvalue weighted by atomic mass is 10.1. The average Bonchev–Trinajstić information content (AvgIpc) is 2.54. The zero-order chi connectivity index (χ0) is 15.9. The second-order valence-electron chi connectivity index (χ2n) is 5.36. The van der Waals surface area contributed by atoms with Crippen LogP contribution in [0.2, 0.25) is 0 Å². The van der Waals surface area contributed by atoms with E-state index in [-0.39, 0.29) is 18.9 Å². The van der Waals surface area contributed by atoms with Crippen molar-refractivity contribution in [3.05, 3.63) is 71.3 Å². The third kappa shape index (κ3) is 4.69. The monoisotopic (exact) mass is 299 g/mol. The number of aryl methyl sites for hydroxylation is 1. The van der Waals surface area contributed by atoms with Crippen LogP contribution < -0.4 is 5.32 Å². The molecule has 0 bridgehead atoms. The first kappa shape index (κ1) is 16.2. The summed E-state index contributed by atoms with van der Waals surface area (Å²) in [6.07, 6.45) is -1.61. The summed E-state index contributed by atoms with van der Waals surface area (Å²) in [7, 11) is 0. The minimum atomic E-state index is -0.835. The molecule has 1 amide bonds. The van der Waals surface area contributed by atoms with Crippen molar-refractivity contribution in [2.24, 2.45) is 0 Å². The van der Waals surface area contributed by atoms with Crippen LogP contribution in [0.5, 0.6) is 0 Å². The van der Waals surface area contributed by atoms with Crippen LogP contribution in [-0.4, -0.2) is 22.7 Å². The quantitative estimate of drug-likeness (QED) is 0.766. The molecule has 4 heteroatoms. The van der Waals surface area contributed by atoms with Gasteiger partial charge in [-0.15, -0.1) is 0 Å². The Morgan fingerprint density at radius 3 is 2.18 bits per heavy atom. The first-order valence-electron chi connectivity index (χ1n) is 7.30. The van der Waals surface area contributed by atoms with E-state index in [0.717, 1.165) is 11.1 Å². The van der Waals surface area contributed by atoms with Crippen molar-refractivity contribution in [2.75, 3.05) is 6.54 Å². The van der Waals surface area contributed by atoms with Crippen molar-refractivity contribution in [3.63, 3.8) is 0 Å². The van der Waals surface area contributed by atoms with Gasteiger partial charge in [0.25, 0.3) is 0 Å². The van der Waals surface area contributed by atoms with E-state index in [2.05, 4.69) is 5.32 Å². The zero-order valence-corrected chi connectivity index (χ0v) is 12.6. The molecule has 22 heavy (non-hydrogen) atoms. The Morgan fingerprint density at radius 1 is 0.955 bits per heavy atom. The standard InChI is InChI=1S/C18H21NO3/c1-13-7-9-15(10-8-13)17(21)12-19-18(22)11-16(20)14-5-3-2-4-6-14/h2-10,16-17,20-21H,11-12H2,1H3,(H,19,22). The number of aliphatic hydroxyl groups is 2. The third-order valence-corrected chi connectivity index (χ3v) is 3.52. The van der Waals surface area contributed by atoms with Crippen LogP contribution in [0.25, 0.3) is 0 Å². The van der Waals surface area contributed by atoms with E-state index in [1.165, 1.54) is 0 Å².